The van der Waals surface area contributed by atoms with Crippen LogP contribution in [-0.4, -0.2) is 22.6 Å². The molecule has 0 atom stereocenters. The van der Waals surface area contributed by atoms with E-state index in [1.54, 1.807) is 0 Å². The second-order valence-corrected chi connectivity index (χ2v) is 7.54. The molecule has 3 heteroatoms. The maximum Gasteiger partial charge on any atom is 0.0948 e. The molecule has 0 bridgehead atoms. The summed E-state index contributed by atoms with van der Waals surface area (Å²) in [4.78, 5) is 4.48. The second kappa shape index (κ2) is 6.51. The highest BCUT2D eigenvalue weighted by Gasteiger charge is 2.32. The van der Waals surface area contributed by atoms with Crippen molar-refractivity contribution in [2.75, 3.05) is 13.1 Å². The topological polar surface area (TPSA) is 29.9 Å². The van der Waals surface area contributed by atoms with Gasteiger partial charge in [0.05, 0.1) is 6.33 Å². The maximum absolute atomic E-state index is 4.48. The first-order valence-corrected chi connectivity index (χ1v) is 8.92. The normalized spacial score (nSPS) is 29.4. The molecule has 0 amide bonds. The summed E-state index contributed by atoms with van der Waals surface area (Å²) in [7, 11) is 0. The van der Waals surface area contributed by atoms with Crippen molar-refractivity contribution in [2.24, 2.45) is 11.8 Å². The van der Waals surface area contributed by atoms with Gasteiger partial charge < -0.3 is 9.88 Å². The summed E-state index contributed by atoms with van der Waals surface area (Å²) < 4.78 is 2.47. The molecule has 1 N–H and O–H groups in total. The van der Waals surface area contributed by atoms with E-state index >= 15 is 0 Å². The lowest BCUT2D eigenvalue weighted by molar-refractivity contribution is 0.238. The zero-order valence-corrected chi connectivity index (χ0v) is 13.8. The standard InChI is InChI=1S/C18H31N3/c1-3-15-4-6-16(7-5-15)13-21-14-20-12-17(21)18(2)8-10-19-11-9-18/h12,14-16,19H,3-11,13H2,1-2H3. The fraction of sp³-hybridized carbons (Fsp3) is 0.833. The van der Waals surface area contributed by atoms with Gasteiger partial charge in [0, 0.05) is 23.9 Å². The number of aromatic nitrogens is 2. The first kappa shape index (κ1) is 15.1. The molecular weight excluding hydrogens is 258 g/mol. The smallest absolute Gasteiger partial charge is 0.0948 e. The molecule has 0 spiro atoms. The third-order valence-electron chi connectivity index (χ3n) is 6.04. The number of hydrogen-bond acceptors (Lipinski definition) is 2. The van der Waals surface area contributed by atoms with E-state index in [4.69, 9.17) is 0 Å². The summed E-state index contributed by atoms with van der Waals surface area (Å²) in [6, 6.07) is 0. The van der Waals surface area contributed by atoms with E-state index in [-0.39, 0.29) is 0 Å². The molecule has 2 fully saturated rings. The van der Waals surface area contributed by atoms with Gasteiger partial charge in [-0.25, -0.2) is 4.98 Å². The molecule has 1 aromatic heterocycles. The molecule has 1 aliphatic carbocycles. The number of nitrogens with zero attached hydrogens (tertiary/aromatic N) is 2. The van der Waals surface area contributed by atoms with Crippen molar-refractivity contribution in [3.8, 4) is 0 Å². The molecule has 1 aromatic rings. The van der Waals surface area contributed by atoms with Crippen molar-refractivity contribution >= 4 is 0 Å². The Bertz CT molecular complexity index is 437. The first-order chi connectivity index (χ1) is 10.2. The summed E-state index contributed by atoms with van der Waals surface area (Å²) in [5, 5.41) is 3.48. The molecule has 0 radical (unpaired) electrons. The minimum absolute atomic E-state index is 0.322. The fourth-order valence-electron chi connectivity index (χ4n) is 4.30. The summed E-state index contributed by atoms with van der Waals surface area (Å²) in [5.41, 5.74) is 1.80. The van der Waals surface area contributed by atoms with Crippen LogP contribution in [0, 0.1) is 11.8 Å². The molecule has 3 nitrogen and oxygen atoms in total. The van der Waals surface area contributed by atoms with E-state index in [1.807, 2.05) is 0 Å². The summed E-state index contributed by atoms with van der Waals surface area (Å²) >= 11 is 0. The van der Waals surface area contributed by atoms with Gasteiger partial charge in [0.1, 0.15) is 0 Å². The SMILES string of the molecule is CCC1CCC(Cn2cncc2C2(C)CCNCC2)CC1. The molecule has 2 heterocycles. The van der Waals surface area contributed by atoms with E-state index in [1.165, 1.54) is 57.2 Å². The van der Waals surface area contributed by atoms with E-state index in [9.17, 15) is 0 Å². The van der Waals surface area contributed by atoms with Crippen LogP contribution in [0.2, 0.25) is 0 Å². The van der Waals surface area contributed by atoms with Gasteiger partial charge in [-0.05, 0) is 50.6 Å². The van der Waals surface area contributed by atoms with Crippen LogP contribution in [0.3, 0.4) is 0 Å². The van der Waals surface area contributed by atoms with E-state index in [0.717, 1.165) is 24.9 Å². The summed E-state index contributed by atoms with van der Waals surface area (Å²) in [6.07, 6.45) is 13.7. The number of rotatable bonds is 4. The molecule has 1 saturated carbocycles. The van der Waals surface area contributed by atoms with Gasteiger partial charge in [-0.15, -0.1) is 0 Å². The van der Waals surface area contributed by atoms with Gasteiger partial charge in [-0.3, -0.25) is 0 Å². The quantitative estimate of drug-likeness (QED) is 0.915. The average molecular weight is 289 g/mol. The van der Waals surface area contributed by atoms with Gasteiger partial charge in [-0.2, -0.15) is 0 Å². The van der Waals surface area contributed by atoms with Gasteiger partial charge in [0.2, 0.25) is 0 Å². The number of imidazole rings is 1. The van der Waals surface area contributed by atoms with Crippen LogP contribution in [0.4, 0.5) is 0 Å². The monoisotopic (exact) mass is 289 g/mol. The third-order valence-corrected chi connectivity index (χ3v) is 6.04. The van der Waals surface area contributed by atoms with E-state index in [2.05, 4.69) is 41.2 Å². The van der Waals surface area contributed by atoms with Gasteiger partial charge in [0.15, 0.2) is 0 Å². The lowest BCUT2D eigenvalue weighted by atomic mass is 9.77. The van der Waals surface area contributed by atoms with Crippen molar-refractivity contribution in [3.63, 3.8) is 0 Å². The maximum atomic E-state index is 4.48. The Kier molecular flexibility index (Phi) is 4.68. The Labute approximate surface area is 129 Å². The van der Waals surface area contributed by atoms with Crippen LogP contribution in [0.25, 0.3) is 0 Å². The largest absolute Gasteiger partial charge is 0.334 e. The Hall–Kier alpha value is -0.830. The Morgan fingerprint density at radius 3 is 2.52 bits per heavy atom. The zero-order valence-electron chi connectivity index (χ0n) is 13.8. The number of piperidine rings is 1. The van der Waals surface area contributed by atoms with Gasteiger partial charge in [0.25, 0.3) is 0 Å². The first-order valence-electron chi connectivity index (χ1n) is 8.92. The number of nitrogens with one attached hydrogen (secondary N) is 1. The molecule has 21 heavy (non-hydrogen) atoms. The van der Waals surface area contributed by atoms with Crippen LogP contribution in [0.5, 0.6) is 0 Å². The molecule has 0 unspecified atom stereocenters. The summed E-state index contributed by atoms with van der Waals surface area (Å²) in [6.45, 7) is 8.24. The fourth-order valence-corrected chi connectivity index (χ4v) is 4.30. The molecular formula is C18H31N3. The van der Waals surface area contributed by atoms with Crippen molar-refractivity contribution in [3.05, 3.63) is 18.2 Å². The predicted octanol–water partition coefficient (Wildman–Crippen LogP) is 3.74. The van der Waals surface area contributed by atoms with Crippen LogP contribution < -0.4 is 5.32 Å². The molecule has 1 aliphatic heterocycles. The average Bonchev–Trinajstić information content (AvgIpc) is 2.98. The van der Waals surface area contributed by atoms with Crippen LogP contribution in [-0.2, 0) is 12.0 Å². The minimum Gasteiger partial charge on any atom is -0.334 e. The molecule has 0 aromatic carbocycles. The van der Waals surface area contributed by atoms with Crippen LogP contribution >= 0.6 is 0 Å². The molecule has 1 saturated heterocycles. The van der Waals surface area contributed by atoms with Crippen molar-refractivity contribution < 1.29 is 0 Å². The lowest BCUT2D eigenvalue weighted by Gasteiger charge is -2.36. The zero-order chi connectivity index (χ0) is 14.7. The molecule has 118 valence electrons. The van der Waals surface area contributed by atoms with Crippen molar-refractivity contribution in [2.45, 2.75) is 70.8 Å². The minimum atomic E-state index is 0.322. The van der Waals surface area contributed by atoms with E-state index in [0.29, 0.717) is 5.41 Å². The lowest BCUT2D eigenvalue weighted by Crippen LogP contribution is -2.39. The second-order valence-electron chi connectivity index (χ2n) is 7.54. The molecule has 3 rings (SSSR count). The number of hydrogen-bond donors (Lipinski definition) is 1. The highest BCUT2D eigenvalue weighted by molar-refractivity contribution is 5.15. The van der Waals surface area contributed by atoms with Crippen LogP contribution in [0.1, 0.15) is 64.5 Å². The van der Waals surface area contributed by atoms with E-state index < -0.39 is 0 Å². The highest BCUT2D eigenvalue weighted by Crippen LogP contribution is 2.35. The highest BCUT2D eigenvalue weighted by atomic mass is 15.1. The Morgan fingerprint density at radius 1 is 1.19 bits per heavy atom. The molecule has 2 aliphatic rings. The van der Waals surface area contributed by atoms with Crippen LogP contribution in [0.15, 0.2) is 12.5 Å². The third kappa shape index (κ3) is 3.33. The predicted molar refractivity (Wildman–Crippen MR) is 87.4 cm³/mol. The Balaban J connectivity index is 1.66. The van der Waals surface area contributed by atoms with Crippen molar-refractivity contribution in [1.82, 2.24) is 14.9 Å². The Morgan fingerprint density at radius 2 is 1.86 bits per heavy atom. The summed E-state index contributed by atoms with van der Waals surface area (Å²) in [5.74, 6) is 1.86. The van der Waals surface area contributed by atoms with Crippen molar-refractivity contribution in [1.29, 1.82) is 0 Å². The van der Waals surface area contributed by atoms with Gasteiger partial charge >= 0.3 is 0 Å². The van der Waals surface area contributed by atoms with Gasteiger partial charge in [-0.1, -0.05) is 33.1 Å².